The molecule has 1 aromatic rings. The molecule has 1 saturated carbocycles. The van der Waals surface area contributed by atoms with Crippen molar-refractivity contribution < 1.29 is 23.1 Å². The third-order valence-electron chi connectivity index (χ3n) is 5.66. The van der Waals surface area contributed by atoms with Crippen LogP contribution in [0.1, 0.15) is 43.0 Å². The molecule has 32 heavy (non-hydrogen) atoms. The molecule has 7 nitrogen and oxygen atoms in total. The van der Waals surface area contributed by atoms with Crippen molar-refractivity contribution in [2.45, 2.75) is 32.6 Å². The van der Waals surface area contributed by atoms with Gasteiger partial charge in [0.15, 0.2) is 0 Å². The summed E-state index contributed by atoms with van der Waals surface area (Å²) in [6.45, 7) is 6.19. The van der Waals surface area contributed by atoms with Crippen molar-refractivity contribution in [2.24, 2.45) is 5.92 Å². The Balaban J connectivity index is 1.75. The van der Waals surface area contributed by atoms with Crippen molar-refractivity contribution in [3.8, 4) is 17.6 Å². The smallest absolute Gasteiger partial charge is 0.335 e. The van der Waals surface area contributed by atoms with E-state index in [0.29, 0.717) is 5.92 Å². The summed E-state index contributed by atoms with van der Waals surface area (Å²) in [4.78, 5) is 11.2. The van der Waals surface area contributed by atoms with Crippen LogP contribution in [-0.4, -0.2) is 44.0 Å². The van der Waals surface area contributed by atoms with Gasteiger partial charge in [-0.15, -0.1) is 0 Å². The van der Waals surface area contributed by atoms with Crippen LogP contribution in [0, 0.1) is 17.8 Å². The molecule has 0 saturated heterocycles. The molecule has 1 aliphatic heterocycles. The predicted molar refractivity (Wildman–Crippen MR) is 125 cm³/mol. The summed E-state index contributed by atoms with van der Waals surface area (Å²) >= 11 is 0. The first kappa shape index (κ1) is 23.6. The highest BCUT2D eigenvalue weighted by Gasteiger charge is 2.29. The average molecular weight is 457 g/mol. The quantitative estimate of drug-likeness (QED) is 0.478. The van der Waals surface area contributed by atoms with Crippen molar-refractivity contribution in [2.75, 3.05) is 24.9 Å². The summed E-state index contributed by atoms with van der Waals surface area (Å²) in [6, 6.07) is 3.98. The van der Waals surface area contributed by atoms with E-state index < -0.39 is 16.2 Å². The minimum atomic E-state index is -3.89. The Kier molecular flexibility index (Phi) is 7.44. The molecule has 170 valence electrons. The van der Waals surface area contributed by atoms with Crippen LogP contribution in [0.25, 0.3) is 0 Å². The molecule has 0 bridgehead atoms. The molecule has 1 heterocycles. The maximum Gasteiger partial charge on any atom is 0.335 e. The van der Waals surface area contributed by atoms with Crippen LogP contribution in [0.3, 0.4) is 0 Å². The number of hydrogen-bond donors (Lipinski definition) is 2. The van der Waals surface area contributed by atoms with Gasteiger partial charge in [-0.3, -0.25) is 4.72 Å². The monoisotopic (exact) mass is 456 g/mol. The summed E-state index contributed by atoms with van der Waals surface area (Å²) in [7, 11) is -2.54. The van der Waals surface area contributed by atoms with Gasteiger partial charge in [0, 0.05) is 24.6 Å². The van der Waals surface area contributed by atoms with Gasteiger partial charge in [-0.25, -0.2) is 4.79 Å². The number of allylic oxidation sites excluding steroid dienone is 2. The van der Waals surface area contributed by atoms with E-state index in [1.165, 1.54) is 42.5 Å². The Labute approximate surface area is 189 Å². The van der Waals surface area contributed by atoms with Crippen LogP contribution in [0.15, 0.2) is 53.6 Å². The van der Waals surface area contributed by atoms with Gasteiger partial charge in [0.2, 0.25) is 0 Å². The molecule has 1 aromatic carbocycles. The van der Waals surface area contributed by atoms with E-state index in [-0.39, 0.29) is 30.1 Å². The average Bonchev–Trinajstić information content (AvgIpc) is 3.41. The highest BCUT2D eigenvalue weighted by atomic mass is 32.2. The Hall–Kier alpha value is -3.02. The topological polar surface area (TPSA) is 95.9 Å². The number of carboxylic acid groups (broad SMARTS) is 1. The number of rotatable bonds is 7. The summed E-state index contributed by atoms with van der Waals surface area (Å²) in [5.74, 6) is 5.94. The van der Waals surface area contributed by atoms with E-state index in [0.717, 1.165) is 29.6 Å². The van der Waals surface area contributed by atoms with Gasteiger partial charge < -0.3 is 9.84 Å². The van der Waals surface area contributed by atoms with Crippen molar-refractivity contribution >= 4 is 21.9 Å². The minimum Gasteiger partial charge on any atom is -0.495 e. The number of anilines is 1. The first-order valence-electron chi connectivity index (χ1n) is 10.5. The Morgan fingerprint density at radius 1 is 1.31 bits per heavy atom. The van der Waals surface area contributed by atoms with Crippen LogP contribution < -0.4 is 9.46 Å². The van der Waals surface area contributed by atoms with E-state index in [4.69, 9.17) is 9.84 Å². The van der Waals surface area contributed by atoms with Crippen molar-refractivity contribution in [1.29, 1.82) is 0 Å². The molecular formula is C24H28N2O5S. The standard InChI is InChI=1S/C24H28N2O5S/c1-4-18(9-10-19-7-5-6-8-19)13-21-16-26(15-17(21)2)32(29,30)25-22-12-11-20(24(27)28)14-23(22)31-3/h4,11-14,19,25H,1,5-8,15-16H2,2-3H3,(H,27,28)/b18-13+. The lowest BCUT2D eigenvalue weighted by atomic mass is 10.1. The second-order valence-electron chi connectivity index (χ2n) is 7.96. The SMILES string of the molecule is C=C/C(C#CC1CCCC1)=C\C1=C(C)CN(S(=O)(=O)Nc2ccc(C(=O)O)cc2OC)C1. The van der Waals surface area contributed by atoms with E-state index in [9.17, 15) is 13.2 Å². The van der Waals surface area contributed by atoms with Crippen molar-refractivity contribution in [3.63, 3.8) is 0 Å². The Morgan fingerprint density at radius 3 is 2.66 bits per heavy atom. The van der Waals surface area contributed by atoms with Gasteiger partial charge in [-0.2, -0.15) is 12.7 Å². The zero-order chi connectivity index (χ0) is 23.3. The molecule has 2 N–H and O–H groups in total. The summed E-state index contributed by atoms with van der Waals surface area (Å²) in [6.07, 6.45) is 8.32. The fourth-order valence-electron chi connectivity index (χ4n) is 3.79. The number of nitrogens with one attached hydrogen (secondary N) is 1. The number of nitrogens with zero attached hydrogens (tertiary/aromatic N) is 1. The second-order valence-corrected chi connectivity index (χ2v) is 9.63. The van der Waals surface area contributed by atoms with E-state index in [2.05, 4.69) is 23.1 Å². The molecule has 0 amide bonds. The lowest BCUT2D eigenvalue weighted by Gasteiger charge is -2.19. The van der Waals surface area contributed by atoms with Gasteiger partial charge in [0.05, 0.1) is 18.4 Å². The number of ether oxygens (including phenoxy) is 1. The first-order valence-corrected chi connectivity index (χ1v) is 11.9. The van der Waals surface area contributed by atoms with E-state index in [1.807, 2.05) is 13.0 Å². The molecule has 0 unspecified atom stereocenters. The zero-order valence-electron chi connectivity index (χ0n) is 18.3. The molecule has 2 aliphatic rings. The van der Waals surface area contributed by atoms with Crippen molar-refractivity contribution in [3.05, 3.63) is 59.2 Å². The molecule has 8 heteroatoms. The van der Waals surface area contributed by atoms with Gasteiger partial charge in [0.25, 0.3) is 0 Å². The fourth-order valence-corrected chi connectivity index (χ4v) is 5.04. The summed E-state index contributed by atoms with van der Waals surface area (Å²) in [5, 5.41) is 9.12. The van der Waals surface area contributed by atoms with Gasteiger partial charge in [-0.05, 0) is 49.6 Å². The maximum atomic E-state index is 13.0. The molecular weight excluding hydrogens is 428 g/mol. The minimum absolute atomic E-state index is 0.00609. The van der Waals surface area contributed by atoms with E-state index in [1.54, 1.807) is 6.08 Å². The predicted octanol–water partition coefficient (Wildman–Crippen LogP) is 3.99. The molecule has 3 rings (SSSR count). The third kappa shape index (κ3) is 5.61. The maximum absolute atomic E-state index is 13.0. The number of aromatic carboxylic acids is 1. The number of benzene rings is 1. The number of carboxylic acids is 1. The molecule has 0 radical (unpaired) electrons. The van der Waals surface area contributed by atoms with Crippen LogP contribution in [0.4, 0.5) is 5.69 Å². The zero-order valence-corrected chi connectivity index (χ0v) is 19.2. The lowest BCUT2D eigenvalue weighted by Crippen LogP contribution is -2.34. The van der Waals surface area contributed by atoms with Crippen molar-refractivity contribution in [1.82, 2.24) is 4.31 Å². The normalized spacial score (nSPS) is 17.8. The number of hydrogen-bond acceptors (Lipinski definition) is 4. The molecule has 0 aromatic heterocycles. The van der Waals surface area contributed by atoms with Crippen LogP contribution in [-0.2, 0) is 10.2 Å². The number of carbonyl (C=O) groups is 1. The Bertz CT molecular complexity index is 1130. The largest absolute Gasteiger partial charge is 0.495 e. The first-order chi connectivity index (χ1) is 15.2. The third-order valence-corrected chi connectivity index (χ3v) is 7.08. The lowest BCUT2D eigenvalue weighted by molar-refractivity contribution is 0.0696. The number of methoxy groups -OCH3 is 1. The van der Waals surface area contributed by atoms with Crippen LogP contribution in [0.5, 0.6) is 5.75 Å². The molecule has 0 spiro atoms. The summed E-state index contributed by atoms with van der Waals surface area (Å²) in [5.41, 5.74) is 2.79. The van der Waals surface area contributed by atoms with Crippen LogP contribution >= 0.6 is 0 Å². The molecule has 1 aliphatic carbocycles. The molecule has 1 fully saturated rings. The van der Waals surface area contributed by atoms with Gasteiger partial charge in [0.1, 0.15) is 5.75 Å². The van der Waals surface area contributed by atoms with Crippen LogP contribution in [0.2, 0.25) is 0 Å². The second kappa shape index (κ2) is 10.1. The van der Waals surface area contributed by atoms with Gasteiger partial charge in [-0.1, -0.05) is 42.9 Å². The van der Waals surface area contributed by atoms with Gasteiger partial charge >= 0.3 is 16.2 Å². The van der Waals surface area contributed by atoms with E-state index >= 15 is 0 Å². The summed E-state index contributed by atoms with van der Waals surface area (Å²) < 4.78 is 35.0. The Morgan fingerprint density at radius 2 is 2.03 bits per heavy atom. The molecule has 0 atom stereocenters. The highest BCUT2D eigenvalue weighted by molar-refractivity contribution is 7.90. The highest BCUT2D eigenvalue weighted by Crippen LogP contribution is 2.29. The fraction of sp³-hybridized carbons (Fsp3) is 0.375.